The fourth-order valence-electron chi connectivity index (χ4n) is 5.86. The van der Waals surface area contributed by atoms with E-state index in [9.17, 15) is 48.1 Å². The molecule has 0 saturated heterocycles. The smallest absolute Gasteiger partial charge is 0.323 e. The number of carbonyl (C=O) groups is 5. The molecule has 1 aliphatic carbocycles. The van der Waals surface area contributed by atoms with Crippen molar-refractivity contribution in [2.45, 2.75) is 13.1 Å². The summed E-state index contributed by atoms with van der Waals surface area (Å²) in [7, 11) is -2.84. The summed E-state index contributed by atoms with van der Waals surface area (Å²) in [5.41, 5.74) is 1.12. The van der Waals surface area contributed by atoms with Crippen molar-refractivity contribution in [2.24, 2.45) is 0 Å². The number of benzene rings is 2. The number of aliphatic carboxylic acids is 4. The van der Waals surface area contributed by atoms with Gasteiger partial charge in [-0.25, -0.2) is 8.78 Å². The molecule has 0 unspecified atom stereocenters. The molecule has 0 radical (unpaired) electrons. The van der Waals surface area contributed by atoms with Crippen LogP contribution in [0.4, 0.5) is 14.5 Å². The van der Waals surface area contributed by atoms with Crippen LogP contribution in [0.5, 0.6) is 11.5 Å². The molecule has 0 fully saturated rings. The second-order valence-corrected chi connectivity index (χ2v) is 16.3. The molecule has 0 amide bonds. The second-order valence-electron chi connectivity index (χ2n) is 12.0. The van der Waals surface area contributed by atoms with Crippen LogP contribution in [0.3, 0.4) is 0 Å². The number of phenolic OH excluding ortho intramolecular Hbond substituents is 1. The van der Waals surface area contributed by atoms with E-state index < -0.39 is 81.3 Å². The van der Waals surface area contributed by atoms with Crippen LogP contribution in [0.25, 0.3) is 5.57 Å². The van der Waals surface area contributed by atoms with E-state index in [1.54, 1.807) is 0 Å². The predicted molar refractivity (Wildman–Crippen MR) is 175 cm³/mol. The summed E-state index contributed by atoms with van der Waals surface area (Å²) >= 11 is 0. The van der Waals surface area contributed by atoms with Crippen LogP contribution in [0.2, 0.25) is 13.1 Å². The van der Waals surface area contributed by atoms with E-state index in [-0.39, 0.29) is 54.5 Å². The molecule has 0 saturated carbocycles. The van der Waals surface area contributed by atoms with Gasteiger partial charge in [0.15, 0.2) is 17.4 Å². The lowest BCUT2D eigenvalue weighted by Crippen LogP contribution is -2.49. The Hall–Kier alpha value is -5.39. The minimum absolute atomic E-state index is 0.000706. The normalized spacial score (nSPS) is 14.8. The molecule has 1 heterocycles. The van der Waals surface area contributed by atoms with Gasteiger partial charge < -0.3 is 39.9 Å². The molecule has 0 bridgehead atoms. The van der Waals surface area contributed by atoms with Gasteiger partial charge in [0.25, 0.3) is 0 Å². The van der Waals surface area contributed by atoms with Gasteiger partial charge in [-0.2, -0.15) is 0 Å². The molecule has 0 aromatic heterocycles. The van der Waals surface area contributed by atoms with E-state index in [2.05, 4.69) is 0 Å². The Morgan fingerprint density at radius 2 is 1.44 bits per heavy atom. The number of ketones is 1. The van der Waals surface area contributed by atoms with Crippen LogP contribution >= 0.6 is 0 Å². The van der Waals surface area contributed by atoms with Gasteiger partial charge in [-0.3, -0.25) is 28.9 Å². The topological polar surface area (TPSA) is 211 Å². The molecule has 2 aromatic carbocycles. The molecule has 266 valence electrons. The zero-order valence-electron chi connectivity index (χ0n) is 26.9. The van der Waals surface area contributed by atoms with Crippen molar-refractivity contribution in [1.29, 1.82) is 0 Å². The summed E-state index contributed by atoms with van der Waals surface area (Å²) in [4.78, 5) is 60.3. The van der Waals surface area contributed by atoms with Crippen molar-refractivity contribution in [3.63, 3.8) is 0 Å². The van der Waals surface area contributed by atoms with Gasteiger partial charge in [0.2, 0.25) is 5.78 Å². The molecule has 5 N–H and O–H groups in total. The van der Waals surface area contributed by atoms with E-state index >= 15 is 0 Å². The Labute approximate surface area is 284 Å². The largest absolute Gasteiger partial charge is 0.505 e. The van der Waals surface area contributed by atoms with Crippen molar-refractivity contribution in [3.05, 3.63) is 76.0 Å². The van der Waals surface area contributed by atoms with E-state index in [4.69, 9.17) is 19.7 Å². The molecule has 14 nitrogen and oxygen atoms in total. The number of nitrogens with zero attached hydrogens (tertiary/aromatic N) is 2. The minimum atomic E-state index is -2.84. The van der Waals surface area contributed by atoms with Crippen LogP contribution < -0.4 is 14.8 Å². The molecule has 4 rings (SSSR count). The highest BCUT2D eigenvalue weighted by Crippen LogP contribution is 2.44. The second kappa shape index (κ2) is 15.4. The van der Waals surface area contributed by atoms with Crippen LogP contribution in [-0.4, -0.2) is 121 Å². The minimum Gasteiger partial charge on any atom is -0.505 e. The number of carboxylic acid groups (broad SMARTS) is 4. The highest BCUT2D eigenvalue weighted by Gasteiger charge is 2.42. The SMILES string of the molecule is C[Si]1(C)C2=CC(=O)C(F)=CC2=C(c2ccc(OCCOCCN(CC(=O)O)CC(=O)O)c(N(CC(=O)O)CC(=O)O)c2)c2cc(F)c(O)cc21. The van der Waals surface area contributed by atoms with E-state index in [1.807, 2.05) is 13.1 Å². The number of fused-ring (bicyclic) bond motifs is 2. The standard InChI is InChI=1S/C33H34F2N2O12Si/c1-50(2)27-12-24(38)21(34)10-19(27)33(20-11-22(35)25(39)13-28(20)50)18-3-4-26(23(9-18)37(16-31(44)45)17-32(46)47)49-8-7-48-6-5-36(14-29(40)41)15-30(42)43/h3-4,9-13,38H,5-8,14-17H2,1-2H3,(H,40,41)(H,42,43)(H,44,45)(H,46,47). The third-order valence-electron chi connectivity index (χ3n) is 8.04. The number of hydrogen-bond donors (Lipinski definition) is 5. The highest BCUT2D eigenvalue weighted by atomic mass is 28.3. The first-order valence-corrected chi connectivity index (χ1v) is 18.1. The number of anilines is 1. The lowest BCUT2D eigenvalue weighted by atomic mass is 9.89. The Balaban J connectivity index is 1.74. The van der Waals surface area contributed by atoms with E-state index in [0.717, 1.165) is 21.9 Å². The van der Waals surface area contributed by atoms with Gasteiger partial charge in [0.1, 0.15) is 33.5 Å². The zero-order chi connectivity index (χ0) is 36.9. The molecule has 50 heavy (non-hydrogen) atoms. The Kier molecular flexibility index (Phi) is 11.6. The maximum Gasteiger partial charge on any atom is 0.323 e. The maximum absolute atomic E-state index is 14.9. The van der Waals surface area contributed by atoms with Gasteiger partial charge in [-0.1, -0.05) is 19.2 Å². The van der Waals surface area contributed by atoms with Crippen molar-refractivity contribution in [2.75, 3.05) is 57.4 Å². The summed E-state index contributed by atoms with van der Waals surface area (Å²) in [6.07, 6.45) is 2.24. The molecule has 0 atom stereocenters. The lowest BCUT2D eigenvalue weighted by molar-refractivity contribution is -0.142. The molecular weight excluding hydrogens is 682 g/mol. The third-order valence-corrected chi connectivity index (χ3v) is 11.6. The first-order valence-electron chi connectivity index (χ1n) is 15.1. The Morgan fingerprint density at radius 1 is 0.820 bits per heavy atom. The molecular formula is C33H34F2N2O12Si. The van der Waals surface area contributed by atoms with Gasteiger partial charge in [0.05, 0.1) is 32.0 Å². The summed E-state index contributed by atoms with van der Waals surface area (Å²) < 4.78 is 41.1. The number of ether oxygens (including phenoxy) is 2. The van der Waals surface area contributed by atoms with Gasteiger partial charge in [-0.05, 0) is 69.1 Å². The highest BCUT2D eigenvalue weighted by molar-refractivity contribution is 6.98. The average molecular weight is 717 g/mol. The fourth-order valence-corrected chi connectivity index (χ4v) is 8.88. The number of aromatic hydroxyl groups is 1. The zero-order valence-corrected chi connectivity index (χ0v) is 27.9. The van der Waals surface area contributed by atoms with E-state index in [0.29, 0.717) is 15.9 Å². The number of carbonyl (C=O) groups excluding carboxylic acids is 1. The average Bonchev–Trinajstić information content (AvgIpc) is 3.00. The monoisotopic (exact) mass is 716 g/mol. The van der Waals surface area contributed by atoms with Crippen LogP contribution in [0.1, 0.15) is 11.1 Å². The maximum atomic E-state index is 14.9. The Morgan fingerprint density at radius 3 is 2.04 bits per heavy atom. The Bertz CT molecular complexity index is 1810. The van der Waals surface area contributed by atoms with E-state index in [1.165, 1.54) is 30.3 Å². The fraction of sp³-hybridized carbons (Fsp3) is 0.303. The number of carboxylic acids is 4. The molecule has 2 aliphatic rings. The summed E-state index contributed by atoms with van der Waals surface area (Å²) in [6, 6.07) is 6.72. The predicted octanol–water partition coefficient (Wildman–Crippen LogP) is 2.01. The lowest BCUT2D eigenvalue weighted by Gasteiger charge is -2.38. The number of hydrogen-bond acceptors (Lipinski definition) is 10. The molecule has 0 spiro atoms. The van der Waals surface area contributed by atoms with Crippen LogP contribution in [0.15, 0.2) is 59.1 Å². The molecule has 17 heteroatoms. The number of phenols is 1. The number of allylic oxidation sites excluding steroid dienone is 5. The summed E-state index contributed by atoms with van der Waals surface area (Å²) in [5.74, 6) is -8.61. The van der Waals surface area contributed by atoms with Crippen LogP contribution in [-0.2, 0) is 28.7 Å². The van der Waals surface area contributed by atoms with Crippen molar-refractivity contribution in [1.82, 2.24) is 4.90 Å². The first kappa shape index (κ1) is 37.4. The summed E-state index contributed by atoms with van der Waals surface area (Å²) in [5, 5.41) is 48.5. The van der Waals surface area contributed by atoms with Gasteiger partial charge in [0, 0.05) is 6.54 Å². The van der Waals surface area contributed by atoms with Crippen LogP contribution in [0, 0.1) is 5.82 Å². The number of rotatable bonds is 17. The van der Waals surface area contributed by atoms with Crippen molar-refractivity contribution < 1.29 is 67.8 Å². The van der Waals surface area contributed by atoms with Crippen molar-refractivity contribution in [3.8, 4) is 11.5 Å². The number of halogens is 2. The van der Waals surface area contributed by atoms with Gasteiger partial charge in [-0.15, -0.1) is 0 Å². The van der Waals surface area contributed by atoms with Gasteiger partial charge >= 0.3 is 23.9 Å². The summed E-state index contributed by atoms with van der Waals surface area (Å²) in [6.45, 7) is 0.841. The quantitative estimate of drug-likeness (QED) is 0.117. The molecule has 2 aromatic rings. The first-order chi connectivity index (χ1) is 23.5. The van der Waals surface area contributed by atoms with Crippen molar-refractivity contribution >= 4 is 54.2 Å². The third kappa shape index (κ3) is 8.60. The molecule has 1 aliphatic heterocycles.